The number of aryl methyl sites for hydroxylation is 4. The molecule has 0 spiro atoms. The fourth-order valence-electron chi connectivity index (χ4n) is 3.01. The van der Waals surface area contributed by atoms with Gasteiger partial charge in [0.2, 0.25) is 0 Å². The Balaban J connectivity index is 1.83. The zero-order valence-electron chi connectivity index (χ0n) is 15.9. The summed E-state index contributed by atoms with van der Waals surface area (Å²) in [6, 6.07) is 12.6. The van der Waals surface area contributed by atoms with Crippen molar-refractivity contribution in [2.24, 2.45) is 0 Å². The van der Waals surface area contributed by atoms with Gasteiger partial charge < -0.3 is 10.6 Å². The maximum Gasteiger partial charge on any atom is 0.319 e. The van der Waals surface area contributed by atoms with E-state index in [1.807, 2.05) is 13.0 Å². The molecule has 2 amide bonds. The van der Waals surface area contributed by atoms with E-state index in [1.165, 1.54) is 35.1 Å². The second-order valence-electron chi connectivity index (χ2n) is 6.81. The van der Waals surface area contributed by atoms with Crippen molar-refractivity contribution in [1.82, 2.24) is 5.32 Å². The minimum atomic E-state index is -0.144. The number of urea groups is 1. The Bertz CT molecular complexity index is 722. The Hall–Kier alpha value is -2.29. The van der Waals surface area contributed by atoms with Gasteiger partial charge in [-0.3, -0.25) is 0 Å². The summed E-state index contributed by atoms with van der Waals surface area (Å²) < 4.78 is 0. The highest BCUT2D eigenvalue weighted by atomic mass is 16.2. The standard InChI is InChI=1S/C22H30N2O/c1-5-6-7-19-9-11-21(18(4)15-19)24-22(25)23-13-12-20-10-8-16(2)14-17(20)3/h8-11,14-15H,5-7,12-13H2,1-4H3,(H2,23,24,25). The molecule has 0 radical (unpaired) electrons. The van der Waals surface area contributed by atoms with E-state index in [0.29, 0.717) is 6.54 Å². The molecular weight excluding hydrogens is 308 g/mol. The second kappa shape index (κ2) is 9.26. The van der Waals surface area contributed by atoms with Crippen molar-refractivity contribution >= 4 is 11.7 Å². The Kier molecular flexibility index (Phi) is 7.05. The van der Waals surface area contributed by atoms with Crippen LogP contribution >= 0.6 is 0 Å². The molecule has 25 heavy (non-hydrogen) atoms. The number of carbonyl (C=O) groups excluding carboxylic acids is 1. The SMILES string of the molecule is CCCCc1ccc(NC(=O)NCCc2ccc(C)cc2C)c(C)c1. The average Bonchev–Trinajstić information content (AvgIpc) is 2.57. The molecule has 0 aliphatic rings. The topological polar surface area (TPSA) is 41.1 Å². The van der Waals surface area contributed by atoms with Crippen LogP contribution in [0.5, 0.6) is 0 Å². The van der Waals surface area contributed by atoms with E-state index < -0.39 is 0 Å². The van der Waals surface area contributed by atoms with Crippen molar-refractivity contribution < 1.29 is 4.79 Å². The Morgan fingerprint density at radius 2 is 1.76 bits per heavy atom. The van der Waals surface area contributed by atoms with Crippen LogP contribution < -0.4 is 10.6 Å². The first-order valence-electron chi connectivity index (χ1n) is 9.20. The van der Waals surface area contributed by atoms with Crippen LogP contribution in [0.1, 0.15) is 47.6 Å². The van der Waals surface area contributed by atoms with Gasteiger partial charge in [0.05, 0.1) is 0 Å². The van der Waals surface area contributed by atoms with Crippen LogP contribution in [0, 0.1) is 20.8 Å². The smallest absolute Gasteiger partial charge is 0.319 e. The lowest BCUT2D eigenvalue weighted by atomic mass is 10.0. The van der Waals surface area contributed by atoms with E-state index in [9.17, 15) is 4.79 Å². The first kappa shape index (κ1) is 19.0. The van der Waals surface area contributed by atoms with Crippen LogP contribution in [0.3, 0.4) is 0 Å². The van der Waals surface area contributed by atoms with Crippen molar-refractivity contribution in [2.45, 2.75) is 53.4 Å². The molecule has 0 aromatic heterocycles. The highest BCUT2D eigenvalue weighted by molar-refractivity contribution is 5.90. The Morgan fingerprint density at radius 1 is 0.960 bits per heavy atom. The summed E-state index contributed by atoms with van der Waals surface area (Å²) in [5, 5.41) is 5.90. The number of unbranched alkanes of at least 4 members (excludes halogenated alkanes) is 1. The molecule has 0 saturated carbocycles. The lowest BCUT2D eigenvalue weighted by molar-refractivity contribution is 0.252. The third-order valence-corrected chi connectivity index (χ3v) is 4.54. The minimum Gasteiger partial charge on any atom is -0.338 e. The number of benzene rings is 2. The van der Waals surface area contributed by atoms with Gasteiger partial charge in [-0.05, 0) is 68.4 Å². The first-order valence-corrected chi connectivity index (χ1v) is 9.20. The van der Waals surface area contributed by atoms with Gasteiger partial charge in [-0.15, -0.1) is 0 Å². The molecule has 0 aliphatic carbocycles. The van der Waals surface area contributed by atoms with Gasteiger partial charge in [0.1, 0.15) is 0 Å². The maximum atomic E-state index is 12.1. The van der Waals surface area contributed by atoms with Gasteiger partial charge in [0.15, 0.2) is 0 Å². The van der Waals surface area contributed by atoms with Crippen molar-refractivity contribution in [3.8, 4) is 0 Å². The monoisotopic (exact) mass is 338 g/mol. The lowest BCUT2D eigenvalue weighted by Gasteiger charge is -2.12. The average molecular weight is 338 g/mol. The molecule has 2 aromatic rings. The molecule has 2 rings (SSSR count). The van der Waals surface area contributed by atoms with Crippen LogP contribution in [0.2, 0.25) is 0 Å². The van der Waals surface area contributed by atoms with Crippen LogP contribution in [0.4, 0.5) is 10.5 Å². The van der Waals surface area contributed by atoms with Gasteiger partial charge in [-0.25, -0.2) is 4.79 Å². The summed E-state index contributed by atoms with van der Waals surface area (Å²) in [4.78, 5) is 12.1. The van der Waals surface area contributed by atoms with Crippen LogP contribution in [0.25, 0.3) is 0 Å². The third-order valence-electron chi connectivity index (χ3n) is 4.54. The van der Waals surface area contributed by atoms with Gasteiger partial charge >= 0.3 is 6.03 Å². The number of anilines is 1. The molecule has 3 heteroatoms. The molecule has 0 fully saturated rings. The largest absolute Gasteiger partial charge is 0.338 e. The van der Waals surface area contributed by atoms with Crippen LogP contribution in [0.15, 0.2) is 36.4 Å². The molecule has 2 aromatic carbocycles. The van der Waals surface area contributed by atoms with Gasteiger partial charge in [0, 0.05) is 12.2 Å². The van der Waals surface area contributed by atoms with Gasteiger partial charge in [-0.1, -0.05) is 49.2 Å². The molecule has 134 valence electrons. The molecule has 0 atom stereocenters. The molecule has 0 unspecified atom stereocenters. The van der Waals surface area contributed by atoms with E-state index in [2.05, 4.69) is 61.7 Å². The fourth-order valence-corrected chi connectivity index (χ4v) is 3.01. The number of hydrogen-bond donors (Lipinski definition) is 2. The summed E-state index contributed by atoms with van der Waals surface area (Å²) in [5.74, 6) is 0. The highest BCUT2D eigenvalue weighted by Gasteiger charge is 2.06. The predicted molar refractivity (Wildman–Crippen MR) is 106 cm³/mol. The van der Waals surface area contributed by atoms with Crippen molar-refractivity contribution in [3.05, 3.63) is 64.2 Å². The van der Waals surface area contributed by atoms with E-state index in [0.717, 1.165) is 24.1 Å². The quantitative estimate of drug-likeness (QED) is 0.705. The molecule has 0 heterocycles. The number of amides is 2. The van der Waals surface area contributed by atoms with Crippen molar-refractivity contribution in [2.75, 3.05) is 11.9 Å². The molecule has 0 saturated heterocycles. The maximum absolute atomic E-state index is 12.1. The Morgan fingerprint density at radius 3 is 2.44 bits per heavy atom. The van der Waals surface area contributed by atoms with Crippen LogP contribution in [-0.4, -0.2) is 12.6 Å². The van der Waals surface area contributed by atoms with Gasteiger partial charge in [0.25, 0.3) is 0 Å². The predicted octanol–water partition coefficient (Wildman–Crippen LogP) is 5.32. The van der Waals surface area contributed by atoms with Gasteiger partial charge in [-0.2, -0.15) is 0 Å². The van der Waals surface area contributed by atoms with E-state index >= 15 is 0 Å². The summed E-state index contributed by atoms with van der Waals surface area (Å²) in [6.45, 7) is 9.08. The van der Waals surface area contributed by atoms with E-state index in [1.54, 1.807) is 0 Å². The summed E-state index contributed by atoms with van der Waals surface area (Å²) >= 11 is 0. The van der Waals surface area contributed by atoms with E-state index in [-0.39, 0.29) is 6.03 Å². The lowest BCUT2D eigenvalue weighted by Crippen LogP contribution is -2.30. The number of rotatable bonds is 7. The molecule has 3 nitrogen and oxygen atoms in total. The van der Waals surface area contributed by atoms with Crippen molar-refractivity contribution in [1.29, 1.82) is 0 Å². The summed E-state index contributed by atoms with van der Waals surface area (Å²) in [6.07, 6.45) is 4.33. The van der Waals surface area contributed by atoms with Crippen molar-refractivity contribution in [3.63, 3.8) is 0 Å². The normalized spacial score (nSPS) is 10.6. The second-order valence-corrected chi connectivity index (χ2v) is 6.81. The third kappa shape index (κ3) is 5.93. The first-order chi connectivity index (χ1) is 12.0. The zero-order chi connectivity index (χ0) is 18.2. The van der Waals surface area contributed by atoms with Crippen LogP contribution in [-0.2, 0) is 12.8 Å². The number of nitrogens with one attached hydrogen (secondary N) is 2. The number of hydrogen-bond acceptors (Lipinski definition) is 1. The number of carbonyl (C=O) groups is 1. The molecule has 0 bridgehead atoms. The van der Waals surface area contributed by atoms with E-state index in [4.69, 9.17) is 0 Å². The summed E-state index contributed by atoms with van der Waals surface area (Å²) in [5.41, 5.74) is 7.15. The molecule has 2 N–H and O–H groups in total. The highest BCUT2D eigenvalue weighted by Crippen LogP contribution is 2.18. The molecule has 0 aliphatic heterocycles. The summed E-state index contributed by atoms with van der Waals surface area (Å²) in [7, 11) is 0. The minimum absolute atomic E-state index is 0.144. The molecular formula is C22H30N2O. The fraction of sp³-hybridized carbons (Fsp3) is 0.409. The zero-order valence-corrected chi connectivity index (χ0v) is 15.9. The Labute approximate surface area is 151 Å².